The molecule has 3 aromatic rings. The highest BCUT2D eigenvalue weighted by Crippen LogP contribution is 2.39. The van der Waals surface area contributed by atoms with Crippen molar-refractivity contribution in [2.75, 3.05) is 5.32 Å². The summed E-state index contributed by atoms with van der Waals surface area (Å²) in [5, 5.41) is 3.81. The van der Waals surface area contributed by atoms with E-state index in [9.17, 15) is 9.59 Å². The molecule has 0 spiro atoms. The van der Waals surface area contributed by atoms with Crippen LogP contribution in [0, 0.1) is 5.92 Å². The average molecular weight is 371 g/mol. The third-order valence-electron chi connectivity index (χ3n) is 4.47. The van der Waals surface area contributed by atoms with Crippen LogP contribution in [-0.4, -0.2) is 16.8 Å². The summed E-state index contributed by atoms with van der Waals surface area (Å²) >= 11 is 2.81. The SMILES string of the molecule is C[C@@H]1CCc2sc(NC(=O)c3nc4ccccc4s3)c(C(N)=O)c2C1. The number of amides is 2. The Kier molecular flexibility index (Phi) is 4.05. The number of aryl methyl sites for hydroxylation is 1. The first-order chi connectivity index (χ1) is 12.0. The summed E-state index contributed by atoms with van der Waals surface area (Å²) in [7, 11) is 0. The molecule has 3 N–H and O–H groups in total. The van der Waals surface area contributed by atoms with E-state index in [4.69, 9.17) is 5.73 Å². The van der Waals surface area contributed by atoms with Gasteiger partial charge in [0.15, 0.2) is 5.01 Å². The van der Waals surface area contributed by atoms with Crippen LogP contribution in [0.1, 0.15) is 43.9 Å². The first-order valence-electron chi connectivity index (χ1n) is 8.14. The minimum atomic E-state index is -0.480. The molecule has 2 heterocycles. The molecular formula is C18H17N3O2S2. The van der Waals surface area contributed by atoms with Crippen LogP contribution in [-0.2, 0) is 12.8 Å². The van der Waals surface area contributed by atoms with Crippen molar-refractivity contribution >= 4 is 49.7 Å². The summed E-state index contributed by atoms with van der Waals surface area (Å²) in [5.41, 5.74) is 7.89. The van der Waals surface area contributed by atoms with Crippen LogP contribution in [0.15, 0.2) is 24.3 Å². The molecule has 0 bridgehead atoms. The number of nitrogens with one attached hydrogen (secondary N) is 1. The number of anilines is 1. The third kappa shape index (κ3) is 2.94. The molecule has 0 fully saturated rings. The van der Waals surface area contributed by atoms with E-state index < -0.39 is 5.91 Å². The van der Waals surface area contributed by atoms with Crippen molar-refractivity contribution in [2.45, 2.75) is 26.2 Å². The lowest BCUT2D eigenvalue weighted by atomic mass is 9.87. The number of thiophene rings is 1. The monoisotopic (exact) mass is 371 g/mol. The molecule has 0 saturated carbocycles. The number of rotatable bonds is 3. The highest BCUT2D eigenvalue weighted by atomic mass is 32.1. The largest absolute Gasteiger partial charge is 0.365 e. The first-order valence-corrected chi connectivity index (χ1v) is 9.77. The van der Waals surface area contributed by atoms with Crippen molar-refractivity contribution in [3.63, 3.8) is 0 Å². The molecule has 0 saturated heterocycles. The molecule has 0 unspecified atom stereocenters. The number of thiazole rings is 1. The zero-order valence-corrected chi connectivity index (χ0v) is 15.3. The van der Waals surface area contributed by atoms with Crippen molar-refractivity contribution in [3.8, 4) is 0 Å². The molecule has 0 aliphatic heterocycles. The number of carbonyl (C=O) groups is 2. The molecule has 7 heteroatoms. The maximum absolute atomic E-state index is 12.6. The highest BCUT2D eigenvalue weighted by molar-refractivity contribution is 7.20. The number of benzene rings is 1. The number of carbonyl (C=O) groups excluding carboxylic acids is 2. The molecular weight excluding hydrogens is 354 g/mol. The molecule has 1 aromatic carbocycles. The van der Waals surface area contributed by atoms with E-state index in [1.807, 2.05) is 24.3 Å². The summed E-state index contributed by atoms with van der Waals surface area (Å²) in [4.78, 5) is 30.1. The Morgan fingerprint density at radius 2 is 2.08 bits per heavy atom. The van der Waals surface area contributed by atoms with E-state index in [1.165, 1.54) is 22.7 Å². The van der Waals surface area contributed by atoms with Gasteiger partial charge in [-0.3, -0.25) is 9.59 Å². The normalized spacial score (nSPS) is 16.6. The lowest BCUT2D eigenvalue weighted by Gasteiger charge is -2.18. The van der Waals surface area contributed by atoms with Gasteiger partial charge in [-0.15, -0.1) is 22.7 Å². The zero-order chi connectivity index (χ0) is 17.6. The molecule has 1 aliphatic rings. The van der Waals surface area contributed by atoms with Gasteiger partial charge in [0.05, 0.1) is 15.8 Å². The van der Waals surface area contributed by atoms with Gasteiger partial charge < -0.3 is 11.1 Å². The molecule has 2 amide bonds. The van der Waals surface area contributed by atoms with Gasteiger partial charge in [-0.25, -0.2) is 4.98 Å². The smallest absolute Gasteiger partial charge is 0.285 e. The highest BCUT2D eigenvalue weighted by Gasteiger charge is 2.28. The maximum Gasteiger partial charge on any atom is 0.285 e. The fraction of sp³-hybridized carbons (Fsp3) is 0.278. The van der Waals surface area contributed by atoms with Crippen molar-refractivity contribution < 1.29 is 9.59 Å². The Hall–Kier alpha value is -2.25. The van der Waals surface area contributed by atoms with Gasteiger partial charge in [-0.1, -0.05) is 19.1 Å². The Balaban J connectivity index is 1.68. The number of nitrogens with zero attached hydrogens (tertiary/aromatic N) is 1. The molecule has 25 heavy (non-hydrogen) atoms. The van der Waals surface area contributed by atoms with Crippen LogP contribution >= 0.6 is 22.7 Å². The lowest BCUT2D eigenvalue weighted by Crippen LogP contribution is -2.19. The second-order valence-corrected chi connectivity index (χ2v) is 8.50. The summed E-state index contributed by atoms with van der Waals surface area (Å²) < 4.78 is 0.960. The molecule has 1 aliphatic carbocycles. The minimum absolute atomic E-state index is 0.296. The summed E-state index contributed by atoms with van der Waals surface area (Å²) in [6.07, 6.45) is 2.86. The summed E-state index contributed by atoms with van der Waals surface area (Å²) in [6.45, 7) is 2.17. The van der Waals surface area contributed by atoms with Crippen LogP contribution in [0.5, 0.6) is 0 Å². The topological polar surface area (TPSA) is 85.1 Å². The molecule has 0 radical (unpaired) electrons. The van der Waals surface area contributed by atoms with E-state index in [1.54, 1.807) is 0 Å². The second kappa shape index (κ2) is 6.24. The van der Waals surface area contributed by atoms with E-state index in [-0.39, 0.29) is 5.91 Å². The van der Waals surface area contributed by atoms with Gasteiger partial charge in [-0.05, 0) is 42.9 Å². The van der Waals surface area contributed by atoms with E-state index in [0.717, 1.165) is 39.9 Å². The van der Waals surface area contributed by atoms with Crippen LogP contribution in [0.25, 0.3) is 10.2 Å². The van der Waals surface area contributed by atoms with Crippen molar-refractivity contribution in [3.05, 3.63) is 45.3 Å². The van der Waals surface area contributed by atoms with Gasteiger partial charge in [0, 0.05) is 4.88 Å². The quantitative estimate of drug-likeness (QED) is 0.734. The Morgan fingerprint density at radius 1 is 1.28 bits per heavy atom. The molecule has 1 atom stereocenters. The number of aromatic nitrogens is 1. The Morgan fingerprint density at radius 3 is 2.84 bits per heavy atom. The average Bonchev–Trinajstić information content (AvgIpc) is 3.15. The van der Waals surface area contributed by atoms with E-state index in [2.05, 4.69) is 17.2 Å². The van der Waals surface area contributed by atoms with Crippen molar-refractivity contribution in [2.24, 2.45) is 11.7 Å². The number of hydrogen-bond donors (Lipinski definition) is 2. The predicted molar refractivity (Wildman–Crippen MR) is 102 cm³/mol. The zero-order valence-electron chi connectivity index (χ0n) is 13.7. The van der Waals surface area contributed by atoms with E-state index in [0.29, 0.717) is 21.5 Å². The first kappa shape index (κ1) is 16.2. The van der Waals surface area contributed by atoms with Crippen LogP contribution < -0.4 is 11.1 Å². The van der Waals surface area contributed by atoms with Crippen LogP contribution in [0.4, 0.5) is 5.00 Å². The predicted octanol–water partition coefficient (Wildman–Crippen LogP) is 3.83. The third-order valence-corrected chi connectivity index (χ3v) is 6.71. The Labute approximate surface area is 152 Å². The fourth-order valence-electron chi connectivity index (χ4n) is 3.23. The van der Waals surface area contributed by atoms with Gasteiger partial charge >= 0.3 is 0 Å². The van der Waals surface area contributed by atoms with Gasteiger partial charge in [0.1, 0.15) is 5.00 Å². The fourth-order valence-corrected chi connectivity index (χ4v) is 5.34. The molecule has 5 nitrogen and oxygen atoms in total. The van der Waals surface area contributed by atoms with Crippen LogP contribution in [0.2, 0.25) is 0 Å². The Bertz CT molecular complexity index is 957. The number of para-hydroxylation sites is 1. The van der Waals surface area contributed by atoms with Crippen molar-refractivity contribution in [1.82, 2.24) is 4.98 Å². The molecule has 128 valence electrons. The minimum Gasteiger partial charge on any atom is -0.365 e. The molecule has 4 rings (SSSR count). The van der Waals surface area contributed by atoms with Gasteiger partial charge in [0.25, 0.3) is 11.8 Å². The summed E-state index contributed by atoms with van der Waals surface area (Å²) in [5.74, 6) is -0.255. The lowest BCUT2D eigenvalue weighted by molar-refractivity contribution is 0.1000. The molecule has 2 aromatic heterocycles. The standard InChI is InChI=1S/C18H17N3O2S2/c1-9-6-7-12-10(8-9)14(15(19)22)17(24-12)21-16(23)18-20-11-4-2-3-5-13(11)25-18/h2-5,9H,6-8H2,1H3,(H2,19,22)(H,21,23)/t9-/m1/s1. The number of nitrogens with two attached hydrogens (primary N) is 1. The van der Waals surface area contributed by atoms with Crippen molar-refractivity contribution in [1.29, 1.82) is 0 Å². The van der Waals surface area contributed by atoms with E-state index >= 15 is 0 Å². The number of primary amides is 1. The van der Waals surface area contributed by atoms with Gasteiger partial charge in [0.2, 0.25) is 0 Å². The maximum atomic E-state index is 12.6. The second-order valence-electron chi connectivity index (χ2n) is 6.36. The number of hydrogen-bond acceptors (Lipinski definition) is 5. The summed E-state index contributed by atoms with van der Waals surface area (Å²) in [6, 6.07) is 7.62. The van der Waals surface area contributed by atoms with Crippen LogP contribution in [0.3, 0.4) is 0 Å². The van der Waals surface area contributed by atoms with Gasteiger partial charge in [-0.2, -0.15) is 0 Å². The number of fused-ring (bicyclic) bond motifs is 2.